The second-order valence-corrected chi connectivity index (χ2v) is 9.02. The Kier molecular flexibility index (Phi) is 9.66. The minimum Gasteiger partial charge on any atom is -0.481 e. The zero-order chi connectivity index (χ0) is 25.2. The van der Waals surface area contributed by atoms with Crippen LogP contribution in [-0.2, 0) is 19.1 Å². The Morgan fingerprint density at radius 1 is 0.943 bits per heavy atom. The van der Waals surface area contributed by atoms with Crippen LogP contribution in [0.1, 0.15) is 43.7 Å². The first-order chi connectivity index (χ1) is 16.9. The average Bonchev–Trinajstić information content (AvgIpc) is 3.16. The average molecular weight is 483 g/mol. The lowest BCUT2D eigenvalue weighted by Gasteiger charge is -2.19. The van der Waals surface area contributed by atoms with E-state index in [2.05, 4.69) is 34.9 Å². The van der Waals surface area contributed by atoms with Crippen molar-refractivity contribution in [2.24, 2.45) is 11.8 Å². The molecule has 1 aliphatic rings. The fourth-order valence-corrected chi connectivity index (χ4v) is 4.24. The standard InChI is InChI=1S/C27H34N2O6/c1-18(2)19(15-26(31)32)16-29-25(30)11-13-34-14-12-28-27(33)35-17-24-22-9-5-3-7-20(22)21-8-4-6-10-23(21)24/h3-10,18-19,24H,11-17H2,1-2H3,(H,28,33)(H,29,30)(H,31,32). The molecule has 0 saturated heterocycles. The summed E-state index contributed by atoms with van der Waals surface area (Å²) in [4.78, 5) is 35.0. The fraction of sp³-hybridized carbons (Fsp3) is 0.444. The molecule has 1 aliphatic carbocycles. The number of amides is 2. The highest BCUT2D eigenvalue weighted by Gasteiger charge is 2.28. The molecule has 0 radical (unpaired) electrons. The third-order valence-corrected chi connectivity index (χ3v) is 6.27. The van der Waals surface area contributed by atoms with E-state index in [-0.39, 0.29) is 62.9 Å². The van der Waals surface area contributed by atoms with E-state index in [4.69, 9.17) is 14.6 Å². The van der Waals surface area contributed by atoms with Gasteiger partial charge in [0.2, 0.25) is 5.91 Å². The van der Waals surface area contributed by atoms with Gasteiger partial charge in [-0.1, -0.05) is 62.4 Å². The van der Waals surface area contributed by atoms with Crippen molar-refractivity contribution in [3.05, 3.63) is 59.7 Å². The molecule has 2 aromatic carbocycles. The van der Waals surface area contributed by atoms with E-state index in [9.17, 15) is 14.4 Å². The number of carbonyl (C=O) groups excluding carboxylic acids is 2. The zero-order valence-electron chi connectivity index (χ0n) is 20.3. The van der Waals surface area contributed by atoms with Crippen LogP contribution >= 0.6 is 0 Å². The van der Waals surface area contributed by atoms with Crippen LogP contribution in [0.25, 0.3) is 11.1 Å². The number of ether oxygens (including phenoxy) is 2. The molecule has 1 atom stereocenters. The lowest BCUT2D eigenvalue weighted by Crippen LogP contribution is -2.33. The Balaban J connectivity index is 1.30. The fourth-order valence-electron chi connectivity index (χ4n) is 4.24. The van der Waals surface area contributed by atoms with Crippen LogP contribution in [0, 0.1) is 11.8 Å². The van der Waals surface area contributed by atoms with Gasteiger partial charge in [0.1, 0.15) is 6.61 Å². The number of hydrogen-bond donors (Lipinski definition) is 3. The van der Waals surface area contributed by atoms with Gasteiger partial charge in [-0.3, -0.25) is 9.59 Å². The van der Waals surface area contributed by atoms with E-state index in [0.717, 1.165) is 11.1 Å². The van der Waals surface area contributed by atoms with Crippen molar-refractivity contribution in [1.29, 1.82) is 0 Å². The van der Waals surface area contributed by atoms with Crippen molar-refractivity contribution in [2.45, 2.75) is 32.6 Å². The number of alkyl carbamates (subject to hydrolysis) is 1. The summed E-state index contributed by atoms with van der Waals surface area (Å²) in [6, 6.07) is 16.3. The maximum Gasteiger partial charge on any atom is 0.407 e. The van der Waals surface area contributed by atoms with Gasteiger partial charge in [0, 0.05) is 25.4 Å². The van der Waals surface area contributed by atoms with Crippen molar-refractivity contribution in [3.63, 3.8) is 0 Å². The first kappa shape index (κ1) is 26.2. The minimum absolute atomic E-state index is 0.00806. The van der Waals surface area contributed by atoms with Crippen LogP contribution < -0.4 is 10.6 Å². The second-order valence-electron chi connectivity index (χ2n) is 9.02. The van der Waals surface area contributed by atoms with E-state index in [0.29, 0.717) is 6.54 Å². The number of carboxylic acid groups (broad SMARTS) is 1. The van der Waals surface area contributed by atoms with E-state index >= 15 is 0 Å². The summed E-state index contributed by atoms with van der Waals surface area (Å²) in [6.07, 6.45) is -0.315. The van der Waals surface area contributed by atoms with Gasteiger partial charge in [-0.2, -0.15) is 0 Å². The molecule has 2 amide bonds. The number of carboxylic acids is 1. The molecule has 0 aromatic heterocycles. The SMILES string of the molecule is CC(C)C(CNC(=O)CCOCCNC(=O)OCC1c2ccccc2-c2ccccc21)CC(=O)O. The predicted octanol–water partition coefficient (Wildman–Crippen LogP) is 3.79. The quantitative estimate of drug-likeness (QED) is 0.374. The number of fused-ring (bicyclic) bond motifs is 3. The summed E-state index contributed by atoms with van der Waals surface area (Å²) in [5, 5.41) is 14.4. The van der Waals surface area contributed by atoms with E-state index in [1.165, 1.54) is 11.1 Å². The van der Waals surface area contributed by atoms with Crippen LogP contribution in [-0.4, -0.2) is 56.0 Å². The van der Waals surface area contributed by atoms with Gasteiger partial charge in [-0.15, -0.1) is 0 Å². The first-order valence-corrected chi connectivity index (χ1v) is 12.0. The third kappa shape index (κ3) is 7.55. The Bertz CT molecular complexity index is 977. The summed E-state index contributed by atoms with van der Waals surface area (Å²) in [7, 11) is 0. The highest BCUT2D eigenvalue weighted by atomic mass is 16.5. The molecule has 0 aliphatic heterocycles. The molecule has 3 N–H and O–H groups in total. The zero-order valence-corrected chi connectivity index (χ0v) is 20.3. The van der Waals surface area contributed by atoms with Crippen LogP contribution in [0.2, 0.25) is 0 Å². The smallest absolute Gasteiger partial charge is 0.407 e. The van der Waals surface area contributed by atoms with Crippen LogP contribution in [0.4, 0.5) is 4.79 Å². The number of rotatable bonds is 13. The molecule has 0 heterocycles. The molecule has 8 heteroatoms. The van der Waals surface area contributed by atoms with Gasteiger partial charge in [0.05, 0.1) is 19.6 Å². The highest BCUT2D eigenvalue weighted by Crippen LogP contribution is 2.44. The van der Waals surface area contributed by atoms with Crippen LogP contribution in [0.5, 0.6) is 0 Å². The van der Waals surface area contributed by atoms with E-state index < -0.39 is 12.1 Å². The maximum atomic E-state index is 12.2. The minimum atomic E-state index is -0.870. The topological polar surface area (TPSA) is 114 Å². The molecule has 2 aromatic rings. The van der Waals surface area contributed by atoms with Gasteiger partial charge in [-0.25, -0.2) is 4.79 Å². The number of carbonyl (C=O) groups is 3. The Morgan fingerprint density at radius 3 is 2.17 bits per heavy atom. The Labute approximate surface area is 206 Å². The Morgan fingerprint density at radius 2 is 1.57 bits per heavy atom. The van der Waals surface area contributed by atoms with Crippen molar-refractivity contribution in [1.82, 2.24) is 10.6 Å². The molecule has 3 rings (SSSR count). The summed E-state index contributed by atoms with van der Waals surface area (Å²) in [5.41, 5.74) is 4.67. The molecule has 35 heavy (non-hydrogen) atoms. The van der Waals surface area contributed by atoms with Gasteiger partial charge in [-0.05, 0) is 34.1 Å². The van der Waals surface area contributed by atoms with Crippen molar-refractivity contribution < 1.29 is 29.0 Å². The van der Waals surface area contributed by atoms with E-state index in [1.807, 2.05) is 38.1 Å². The number of aliphatic carboxylic acids is 1. The molecule has 1 unspecified atom stereocenters. The van der Waals surface area contributed by atoms with Gasteiger partial charge in [0.25, 0.3) is 0 Å². The first-order valence-electron chi connectivity index (χ1n) is 12.0. The van der Waals surface area contributed by atoms with E-state index in [1.54, 1.807) is 0 Å². The molecule has 0 spiro atoms. The second kappa shape index (κ2) is 12.9. The molecule has 0 bridgehead atoms. The highest BCUT2D eigenvalue weighted by molar-refractivity contribution is 5.79. The van der Waals surface area contributed by atoms with Gasteiger partial charge < -0.3 is 25.2 Å². The monoisotopic (exact) mass is 482 g/mol. The van der Waals surface area contributed by atoms with Crippen LogP contribution in [0.15, 0.2) is 48.5 Å². The number of nitrogens with one attached hydrogen (secondary N) is 2. The van der Waals surface area contributed by atoms with Crippen molar-refractivity contribution >= 4 is 18.0 Å². The lowest BCUT2D eigenvalue weighted by molar-refractivity contribution is -0.138. The van der Waals surface area contributed by atoms with Crippen molar-refractivity contribution in [3.8, 4) is 11.1 Å². The third-order valence-electron chi connectivity index (χ3n) is 6.27. The van der Waals surface area contributed by atoms with Crippen LogP contribution in [0.3, 0.4) is 0 Å². The maximum absolute atomic E-state index is 12.2. The molecule has 0 saturated carbocycles. The predicted molar refractivity (Wildman–Crippen MR) is 132 cm³/mol. The molecule has 8 nitrogen and oxygen atoms in total. The molecular formula is C27H34N2O6. The molecule has 0 fully saturated rings. The number of hydrogen-bond acceptors (Lipinski definition) is 5. The van der Waals surface area contributed by atoms with Gasteiger partial charge in [0.15, 0.2) is 0 Å². The molecule has 188 valence electrons. The normalized spacial score (nSPS) is 13.1. The summed E-state index contributed by atoms with van der Waals surface area (Å²) < 4.78 is 10.9. The summed E-state index contributed by atoms with van der Waals surface area (Å²) >= 11 is 0. The van der Waals surface area contributed by atoms with Crippen molar-refractivity contribution in [2.75, 3.05) is 32.9 Å². The lowest BCUT2D eigenvalue weighted by atomic mass is 9.92. The molecular weight excluding hydrogens is 448 g/mol. The Hall–Kier alpha value is -3.39. The number of benzene rings is 2. The van der Waals surface area contributed by atoms with Gasteiger partial charge >= 0.3 is 12.1 Å². The summed E-state index contributed by atoms with van der Waals surface area (Å²) in [6.45, 7) is 5.19. The largest absolute Gasteiger partial charge is 0.481 e. The summed E-state index contributed by atoms with van der Waals surface area (Å²) in [5.74, 6) is -1.00.